The standard InChI is InChI=1S/C10H8ClN3O3/c11-7-3-6(4-12)1-2-8(7)14-10(17)13-5-9(15)16/h1-3H,5H2,(H,15,16)(H2,13,14,17). The summed E-state index contributed by atoms with van der Waals surface area (Å²) >= 11 is 5.81. The lowest BCUT2D eigenvalue weighted by Crippen LogP contribution is -2.33. The van der Waals surface area contributed by atoms with E-state index in [1.165, 1.54) is 18.2 Å². The Bertz CT molecular complexity index is 496. The predicted octanol–water partition coefficient (Wildman–Crippen LogP) is 1.42. The summed E-state index contributed by atoms with van der Waals surface area (Å²) in [4.78, 5) is 21.4. The second-order valence-corrected chi connectivity index (χ2v) is 3.42. The van der Waals surface area contributed by atoms with Crippen LogP contribution >= 0.6 is 11.6 Å². The number of benzene rings is 1. The molecule has 1 aromatic carbocycles. The van der Waals surface area contributed by atoms with E-state index in [1.807, 2.05) is 6.07 Å². The number of urea groups is 1. The Morgan fingerprint density at radius 3 is 2.71 bits per heavy atom. The average Bonchev–Trinajstić information content (AvgIpc) is 2.29. The molecule has 6 nitrogen and oxygen atoms in total. The molecule has 0 atom stereocenters. The molecule has 0 aliphatic heterocycles. The molecule has 0 fully saturated rings. The maximum atomic E-state index is 11.2. The molecule has 0 aromatic heterocycles. The Morgan fingerprint density at radius 2 is 2.18 bits per heavy atom. The first-order chi connectivity index (χ1) is 8.02. The van der Waals surface area contributed by atoms with Gasteiger partial charge >= 0.3 is 12.0 Å². The Balaban J connectivity index is 2.66. The minimum absolute atomic E-state index is 0.203. The second kappa shape index (κ2) is 5.72. The fourth-order valence-corrected chi connectivity index (χ4v) is 1.24. The van der Waals surface area contributed by atoms with Crippen LogP contribution < -0.4 is 10.6 Å². The number of carboxylic acid groups (broad SMARTS) is 1. The van der Waals surface area contributed by atoms with Crippen molar-refractivity contribution < 1.29 is 14.7 Å². The van der Waals surface area contributed by atoms with Crippen LogP contribution in [-0.4, -0.2) is 23.7 Å². The van der Waals surface area contributed by atoms with E-state index in [4.69, 9.17) is 22.0 Å². The number of aliphatic carboxylic acids is 1. The third kappa shape index (κ3) is 4.01. The lowest BCUT2D eigenvalue weighted by atomic mass is 10.2. The summed E-state index contributed by atoms with van der Waals surface area (Å²) < 4.78 is 0. The maximum Gasteiger partial charge on any atom is 0.323 e. The highest BCUT2D eigenvalue weighted by atomic mass is 35.5. The third-order valence-electron chi connectivity index (χ3n) is 1.75. The van der Waals surface area contributed by atoms with Crippen LogP contribution in [0.2, 0.25) is 5.02 Å². The Hall–Kier alpha value is -2.26. The number of rotatable bonds is 3. The largest absolute Gasteiger partial charge is 0.480 e. The molecule has 1 rings (SSSR count). The minimum atomic E-state index is -1.15. The van der Waals surface area contributed by atoms with E-state index in [0.717, 1.165) is 0 Å². The number of anilines is 1. The number of amides is 2. The Kier molecular flexibility index (Phi) is 4.31. The summed E-state index contributed by atoms with van der Waals surface area (Å²) in [5, 5.41) is 21.6. The zero-order valence-electron chi connectivity index (χ0n) is 8.53. The fraction of sp³-hybridized carbons (Fsp3) is 0.100. The quantitative estimate of drug-likeness (QED) is 0.758. The second-order valence-electron chi connectivity index (χ2n) is 3.01. The normalized spacial score (nSPS) is 9.18. The van der Waals surface area contributed by atoms with E-state index in [-0.39, 0.29) is 5.02 Å². The molecule has 0 aliphatic carbocycles. The molecule has 0 spiro atoms. The first-order valence-electron chi connectivity index (χ1n) is 4.49. The summed E-state index contributed by atoms with van der Waals surface area (Å²) in [6, 6.07) is 5.56. The van der Waals surface area contributed by atoms with Crippen LogP contribution in [0.25, 0.3) is 0 Å². The molecule has 0 aliphatic rings. The van der Waals surface area contributed by atoms with E-state index in [9.17, 15) is 9.59 Å². The van der Waals surface area contributed by atoms with Crippen molar-refractivity contribution in [3.63, 3.8) is 0 Å². The molecular formula is C10H8ClN3O3. The van der Waals surface area contributed by atoms with Gasteiger partial charge in [0, 0.05) is 0 Å². The van der Waals surface area contributed by atoms with Crippen molar-refractivity contribution in [2.45, 2.75) is 0 Å². The van der Waals surface area contributed by atoms with E-state index in [2.05, 4.69) is 10.6 Å². The van der Waals surface area contributed by atoms with Gasteiger partial charge in [-0.2, -0.15) is 5.26 Å². The van der Waals surface area contributed by atoms with Gasteiger partial charge in [-0.05, 0) is 18.2 Å². The van der Waals surface area contributed by atoms with Crippen LogP contribution in [0.15, 0.2) is 18.2 Å². The van der Waals surface area contributed by atoms with Crippen molar-refractivity contribution in [1.82, 2.24) is 5.32 Å². The number of halogens is 1. The molecule has 17 heavy (non-hydrogen) atoms. The molecule has 0 saturated carbocycles. The van der Waals surface area contributed by atoms with Crippen LogP contribution in [0.5, 0.6) is 0 Å². The molecule has 0 saturated heterocycles. The van der Waals surface area contributed by atoms with E-state index in [0.29, 0.717) is 11.3 Å². The topological polar surface area (TPSA) is 102 Å². The maximum absolute atomic E-state index is 11.2. The number of nitriles is 1. The number of carbonyl (C=O) groups excluding carboxylic acids is 1. The predicted molar refractivity (Wildman–Crippen MR) is 60.8 cm³/mol. The van der Waals surface area contributed by atoms with E-state index < -0.39 is 18.5 Å². The molecule has 2 amide bonds. The van der Waals surface area contributed by atoms with Crippen LogP contribution in [-0.2, 0) is 4.79 Å². The van der Waals surface area contributed by atoms with Crippen molar-refractivity contribution in [2.75, 3.05) is 11.9 Å². The monoisotopic (exact) mass is 253 g/mol. The SMILES string of the molecule is N#Cc1ccc(NC(=O)NCC(=O)O)c(Cl)c1. The summed E-state index contributed by atoms with van der Waals surface area (Å²) in [5.41, 5.74) is 0.667. The zero-order valence-corrected chi connectivity index (χ0v) is 9.28. The van der Waals surface area contributed by atoms with Gasteiger partial charge in [-0.1, -0.05) is 11.6 Å². The molecule has 0 bridgehead atoms. The van der Waals surface area contributed by atoms with Crippen LogP contribution in [0.1, 0.15) is 5.56 Å². The van der Waals surface area contributed by atoms with Crippen LogP contribution in [0.4, 0.5) is 10.5 Å². The summed E-state index contributed by atoms with van der Waals surface area (Å²) in [6.07, 6.45) is 0. The number of hydrogen-bond donors (Lipinski definition) is 3. The highest BCUT2D eigenvalue weighted by Crippen LogP contribution is 2.22. The number of nitrogens with zero attached hydrogens (tertiary/aromatic N) is 1. The van der Waals surface area contributed by atoms with Gasteiger partial charge in [-0.3, -0.25) is 4.79 Å². The van der Waals surface area contributed by atoms with Crippen molar-refractivity contribution in [1.29, 1.82) is 5.26 Å². The minimum Gasteiger partial charge on any atom is -0.480 e. The van der Waals surface area contributed by atoms with Gasteiger partial charge in [0.2, 0.25) is 0 Å². The highest BCUT2D eigenvalue weighted by molar-refractivity contribution is 6.33. The van der Waals surface area contributed by atoms with Gasteiger partial charge in [0.1, 0.15) is 6.54 Å². The molecule has 7 heteroatoms. The molecule has 88 valence electrons. The molecule has 0 unspecified atom stereocenters. The van der Waals surface area contributed by atoms with Gasteiger partial charge in [0.25, 0.3) is 0 Å². The van der Waals surface area contributed by atoms with Gasteiger partial charge < -0.3 is 15.7 Å². The third-order valence-corrected chi connectivity index (χ3v) is 2.06. The summed E-state index contributed by atoms with van der Waals surface area (Å²) in [6.45, 7) is -0.486. The molecule has 0 heterocycles. The first-order valence-corrected chi connectivity index (χ1v) is 4.87. The van der Waals surface area contributed by atoms with Gasteiger partial charge in [-0.15, -0.1) is 0 Å². The Labute approximate surface area is 102 Å². The van der Waals surface area contributed by atoms with Gasteiger partial charge in [-0.25, -0.2) is 4.79 Å². The number of carboxylic acids is 1. The molecular weight excluding hydrogens is 246 g/mol. The van der Waals surface area contributed by atoms with E-state index >= 15 is 0 Å². The molecule has 1 aromatic rings. The van der Waals surface area contributed by atoms with Crippen LogP contribution in [0, 0.1) is 11.3 Å². The number of carbonyl (C=O) groups is 2. The fourth-order valence-electron chi connectivity index (χ4n) is 1.01. The summed E-state index contributed by atoms with van der Waals surface area (Å²) in [5.74, 6) is -1.15. The smallest absolute Gasteiger partial charge is 0.323 e. The Morgan fingerprint density at radius 1 is 1.47 bits per heavy atom. The van der Waals surface area contributed by atoms with Crippen molar-refractivity contribution in [3.8, 4) is 6.07 Å². The molecule has 3 N–H and O–H groups in total. The average molecular weight is 254 g/mol. The first kappa shape index (κ1) is 12.8. The number of hydrogen-bond acceptors (Lipinski definition) is 3. The highest BCUT2D eigenvalue weighted by Gasteiger charge is 2.07. The molecule has 0 radical (unpaired) electrons. The number of nitrogens with one attached hydrogen (secondary N) is 2. The van der Waals surface area contributed by atoms with E-state index in [1.54, 1.807) is 0 Å². The lowest BCUT2D eigenvalue weighted by molar-refractivity contribution is -0.135. The van der Waals surface area contributed by atoms with Gasteiger partial charge in [0.05, 0.1) is 22.3 Å². The van der Waals surface area contributed by atoms with Crippen molar-refractivity contribution in [2.24, 2.45) is 0 Å². The zero-order chi connectivity index (χ0) is 12.8. The van der Waals surface area contributed by atoms with Crippen molar-refractivity contribution >= 4 is 29.3 Å². The van der Waals surface area contributed by atoms with Crippen LogP contribution in [0.3, 0.4) is 0 Å². The van der Waals surface area contributed by atoms with Crippen molar-refractivity contribution in [3.05, 3.63) is 28.8 Å². The lowest BCUT2D eigenvalue weighted by Gasteiger charge is -2.07. The summed E-state index contributed by atoms with van der Waals surface area (Å²) in [7, 11) is 0. The van der Waals surface area contributed by atoms with Gasteiger partial charge in [0.15, 0.2) is 0 Å².